The Balaban J connectivity index is 1.88. The van der Waals surface area contributed by atoms with Gasteiger partial charge in [0.25, 0.3) is 0 Å². The molecule has 14 heteroatoms. The molecule has 0 radical (unpaired) electrons. The smallest absolute Gasteiger partial charge is 0.335 e. The van der Waals surface area contributed by atoms with Crippen LogP contribution in [0.3, 0.4) is 0 Å². The van der Waals surface area contributed by atoms with E-state index in [-0.39, 0.29) is 0 Å². The number of rotatable bonds is 7. The van der Waals surface area contributed by atoms with Crippen LogP contribution in [0.2, 0.25) is 0 Å². The molecule has 6 nitrogen and oxygen atoms in total. The first-order chi connectivity index (χ1) is 18.8. The quantitative estimate of drug-likeness (QED) is 0.136. The van der Waals surface area contributed by atoms with E-state index >= 15 is 4.39 Å². The van der Waals surface area contributed by atoms with E-state index in [0.29, 0.717) is 6.07 Å². The lowest BCUT2D eigenvalue weighted by molar-refractivity contribution is 0.0686. The molecule has 40 heavy (non-hydrogen) atoms. The van der Waals surface area contributed by atoms with Crippen LogP contribution in [0.25, 0.3) is 11.1 Å². The molecule has 0 atom stereocenters. The molecule has 4 aromatic rings. The molecule has 0 heterocycles. The topological polar surface area (TPSA) is 93.1 Å². The predicted octanol–water partition coefficient (Wildman–Crippen LogP) is 7.45. The van der Waals surface area contributed by atoms with E-state index in [9.17, 15) is 40.3 Å². The third kappa shape index (κ3) is 4.86. The maximum atomic E-state index is 15.2. The third-order valence-corrected chi connectivity index (χ3v) is 5.30. The molecule has 0 saturated carbocycles. The fraction of sp³-hybridized carbons (Fsp3) is 0. The van der Waals surface area contributed by atoms with Crippen LogP contribution in [0.1, 0.15) is 20.7 Å². The van der Waals surface area contributed by atoms with Gasteiger partial charge in [-0.05, 0) is 36.4 Å². The highest BCUT2D eigenvalue weighted by molar-refractivity contribution is 5.88. The average Bonchev–Trinajstić information content (AvgIpc) is 2.93. The van der Waals surface area contributed by atoms with Crippen LogP contribution in [0.4, 0.5) is 35.1 Å². The van der Waals surface area contributed by atoms with E-state index in [1.807, 2.05) is 0 Å². The van der Waals surface area contributed by atoms with E-state index in [1.165, 1.54) is 0 Å². The second-order valence-electron chi connectivity index (χ2n) is 7.79. The minimum absolute atomic E-state index is 0.441. The Morgan fingerprint density at radius 1 is 0.500 bits per heavy atom. The van der Waals surface area contributed by atoms with Crippen molar-refractivity contribution < 1.29 is 64.4 Å². The van der Waals surface area contributed by atoms with Gasteiger partial charge in [-0.2, -0.15) is 13.2 Å². The summed E-state index contributed by atoms with van der Waals surface area (Å²) >= 11 is 0. The minimum Gasteiger partial charge on any atom is -0.478 e. The number of aromatic carboxylic acids is 2. The normalized spacial score (nSPS) is 10.9. The van der Waals surface area contributed by atoms with Gasteiger partial charge < -0.3 is 19.7 Å². The minimum atomic E-state index is -2.58. The number of halogens is 8. The fourth-order valence-electron chi connectivity index (χ4n) is 3.46. The van der Waals surface area contributed by atoms with Gasteiger partial charge in [0.1, 0.15) is 11.5 Å². The van der Waals surface area contributed by atoms with Crippen molar-refractivity contribution in [2.45, 2.75) is 0 Å². The number of hydrogen-bond acceptors (Lipinski definition) is 4. The molecule has 0 fully saturated rings. The standard InChI is InChI=1S/C26H10F8O6/c27-15-14(18(30)23(22(34)19(15)31)39-11-5-1-3-9(7-11)25(35)36)13-16(28)20(32)24(21(33)17(13)29)40-12-6-2-4-10(8-12)26(37)38/h1-8H,(H,35,36)(H,37,38). The molecule has 206 valence electrons. The molecule has 0 bridgehead atoms. The SMILES string of the molecule is O=C(O)c1cccc(Oc2c(F)c(F)c(-c3c(F)c(F)c(F)c(Oc4cccc(C(=O)O)c4)c3F)c(F)c2F)c1. The summed E-state index contributed by atoms with van der Waals surface area (Å²) in [6, 6.07) is 7.57. The van der Waals surface area contributed by atoms with Crippen molar-refractivity contribution in [2.75, 3.05) is 0 Å². The molecule has 0 aliphatic carbocycles. The monoisotopic (exact) mass is 570 g/mol. The highest BCUT2D eigenvalue weighted by Gasteiger charge is 2.35. The van der Waals surface area contributed by atoms with Gasteiger partial charge in [0.2, 0.25) is 29.0 Å². The zero-order valence-electron chi connectivity index (χ0n) is 19.2. The number of hydrogen-bond donors (Lipinski definition) is 2. The molecule has 0 amide bonds. The third-order valence-electron chi connectivity index (χ3n) is 5.30. The van der Waals surface area contributed by atoms with Crippen LogP contribution < -0.4 is 9.47 Å². The van der Waals surface area contributed by atoms with Crippen molar-refractivity contribution in [3.05, 3.63) is 106 Å². The molecule has 0 aromatic heterocycles. The summed E-state index contributed by atoms with van der Waals surface area (Å²) < 4.78 is 128. The first kappa shape index (κ1) is 27.9. The molecule has 4 aromatic carbocycles. The number of carbonyl (C=O) groups is 2. The molecule has 0 spiro atoms. The lowest BCUT2D eigenvalue weighted by Crippen LogP contribution is -2.09. The summed E-state index contributed by atoms with van der Waals surface area (Å²) in [5.41, 5.74) is -5.15. The van der Waals surface area contributed by atoms with Crippen molar-refractivity contribution >= 4 is 11.9 Å². The van der Waals surface area contributed by atoms with Gasteiger partial charge in [0.05, 0.1) is 22.3 Å². The molecular weight excluding hydrogens is 560 g/mol. The summed E-state index contributed by atoms with van der Waals surface area (Å²) in [4.78, 5) is 22.2. The van der Waals surface area contributed by atoms with Crippen LogP contribution in [-0.2, 0) is 0 Å². The Bertz CT molecular complexity index is 1680. The number of benzene rings is 4. The van der Waals surface area contributed by atoms with Gasteiger partial charge in [0, 0.05) is 0 Å². The first-order valence-electron chi connectivity index (χ1n) is 10.6. The van der Waals surface area contributed by atoms with Crippen molar-refractivity contribution in [3.8, 4) is 34.1 Å². The first-order valence-corrected chi connectivity index (χ1v) is 10.6. The van der Waals surface area contributed by atoms with Crippen molar-refractivity contribution in [3.63, 3.8) is 0 Å². The number of ether oxygens (including phenoxy) is 2. The lowest BCUT2D eigenvalue weighted by Gasteiger charge is -2.16. The summed E-state index contributed by atoms with van der Waals surface area (Å²) in [5, 5.41) is 18.0. The lowest BCUT2D eigenvalue weighted by atomic mass is 10.0. The van der Waals surface area contributed by atoms with Gasteiger partial charge in [0.15, 0.2) is 29.1 Å². The van der Waals surface area contributed by atoms with Crippen LogP contribution in [-0.4, -0.2) is 22.2 Å². The summed E-state index contributed by atoms with van der Waals surface area (Å²) in [6.45, 7) is 0. The predicted molar refractivity (Wildman–Crippen MR) is 118 cm³/mol. The Kier molecular flexibility index (Phi) is 7.36. The summed E-state index contributed by atoms with van der Waals surface area (Å²) in [6.07, 6.45) is 0. The second-order valence-corrected chi connectivity index (χ2v) is 7.79. The molecule has 0 aliphatic rings. The van der Waals surface area contributed by atoms with Crippen LogP contribution >= 0.6 is 0 Å². The summed E-state index contributed by atoms with van der Waals surface area (Å²) in [5.74, 6) is -27.4. The van der Waals surface area contributed by atoms with Gasteiger partial charge in [-0.1, -0.05) is 12.1 Å². The van der Waals surface area contributed by atoms with Gasteiger partial charge in [-0.15, -0.1) is 0 Å². The Morgan fingerprint density at radius 3 is 1.27 bits per heavy atom. The zero-order chi connectivity index (χ0) is 29.5. The van der Waals surface area contributed by atoms with Crippen molar-refractivity contribution in [1.29, 1.82) is 0 Å². The van der Waals surface area contributed by atoms with E-state index < -0.39 is 104 Å². The Morgan fingerprint density at radius 2 is 0.850 bits per heavy atom. The number of carboxylic acid groups (broad SMARTS) is 2. The molecule has 0 aliphatic heterocycles. The van der Waals surface area contributed by atoms with Gasteiger partial charge in [-0.25, -0.2) is 31.5 Å². The fourth-order valence-corrected chi connectivity index (χ4v) is 3.46. The van der Waals surface area contributed by atoms with Crippen LogP contribution in [0.15, 0.2) is 48.5 Å². The highest BCUT2D eigenvalue weighted by atomic mass is 19.2. The Labute approximate surface area is 217 Å². The van der Waals surface area contributed by atoms with E-state index in [4.69, 9.17) is 19.7 Å². The molecule has 0 saturated heterocycles. The molecular formula is C26H10F8O6. The largest absolute Gasteiger partial charge is 0.478 e. The average molecular weight is 570 g/mol. The van der Waals surface area contributed by atoms with Gasteiger partial charge in [-0.3, -0.25) is 0 Å². The zero-order valence-corrected chi connectivity index (χ0v) is 19.2. The van der Waals surface area contributed by atoms with E-state index in [1.54, 1.807) is 0 Å². The van der Waals surface area contributed by atoms with Crippen molar-refractivity contribution in [2.24, 2.45) is 0 Å². The van der Waals surface area contributed by atoms with E-state index in [0.717, 1.165) is 42.5 Å². The van der Waals surface area contributed by atoms with Gasteiger partial charge >= 0.3 is 11.9 Å². The molecule has 2 N–H and O–H groups in total. The number of carboxylic acids is 2. The second kappa shape index (κ2) is 10.6. The van der Waals surface area contributed by atoms with Crippen molar-refractivity contribution in [1.82, 2.24) is 0 Å². The summed E-state index contributed by atoms with van der Waals surface area (Å²) in [7, 11) is 0. The van der Waals surface area contributed by atoms with Crippen LogP contribution in [0.5, 0.6) is 23.0 Å². The van der Waals surface area contributed by atoms with Crippen LogP contribution in [0, 0.1) is 46.5 Å². The Hall–Kier alpha value is -5.14. The highest BCUT2D eigenvalue weighted by Crippen LogP contribution is 2.43. The van der Waals surface area contributed by atoms with E-state index in [2.05, 4.69) is 0 Å². The molecule has 4 rings (SSSR count). The molecule has 0 unspecified atom stereocenters. The maximum absolute atomic E-state index is 15.2. The maximum Gasteiger partial charge on any atom is 0.335 e.